The van der Waals surface area contributed by atoms with Crippen molar-refractivity contribution < 1.29 is 22.4 Å². The first-order valence-corrected chi connectivity index (χ1v) is 13.5. The third kappa shape index (κ3) is 6.03. The zero-order valence-electron chi connectivity index (χ0n) is 19.4. The maximum absolute atomic E-state index is 14.8. The molecule has 0 bridgehead atoms. The van der Waals surface area contributed by atoms with Gasteiger partial charge in [0.05, 0.1) is 10.6 Å². The Morgan fingerprint density at radius 1 is 1.11 bits per heavy atom. The molecule has 2 atom stereocenters. The second kappa shape index (κ2) is 10.3. The molecule has 0 saturated heterocycles. The number of nitrogens with one attached hydrogen (secondary N) is 1. The number of rotatable bonds is 8. The van der Waals surface area contributed by atoms with E-state index < -0.39 is 27.6 Å². The summed E-state index contributed by atoms with van der Waals surface area (Å²) in [5, 5.41) is 3.11. The normalized spacial score (nSPS) is 16.9. The first-order chi connectivity index (χ1) is 17.0. The van der Waals surface area contributed by atoms with Gasteiger partial charge in [-0.05, 0) is 59.7 Å². The van der Waals surface area contributed by atoms with Gasteiger partial charge in [-0.3, -0.25) is 4.79 Å². The summed E-state index contributed by atoms with van der Waals surface area (Å²) < 4.78 is 39.0. The molecule has 1 aliphatic rings. The molecule has 1 saturated carbocycles. The number of halogens is 2. The Labute approximate surface area is 214 Å². The van der Waals surface area contributed by atoms with Gasteiger partial charge in [-0.25, -0.2) is 17.6 Å². The van der Waals surface area contributed by atoms with Crippen LogP contribution in [0.2, 0.25) is 5.02 Å². The van der Waals surface area contributed by atoms with Gasteiger partial charge in [-0.15, -0.1) is 0 Å². The highest BCUT2D eigenvalue weighted by Gasteiger charge is 2.40. The fourth-order valence-corrected chi connectivity index (χ4v) is 5.30. The second-order valence-electron chi connectivity index (χ2n) is 8.88. The molecule has 2 unspecified atom stereocenters. The van der Waals surface area contributed by atoms with Gasteiger partial charge < -0.3 is 16.0 Å². The van der Waals surface area contributed by atoms with Crippen molar-refractivity contribution in [3.8, 4) is 11.1 Å². The van der Waals surface area contributed by atoms with Crippen molar-refractivity contribution in [3.63, 3.8) is 0 Å². The van der Waals surface area contributed by atoms with Crippen molar-refractivity contribution in [2.45, 2.75) is 17.2 Å². The van der Waals surface area contributed by atoms with Crippen molar-refractivity contribution in [1.82, 2.24) is 4.90 Å². The number of sulfone groups is 1. The van der Waals surface area contributed by atoms with Crippen molar-refractivity contribution in [1.29, 1.82) is 0 Å². The minimum Gasteiger partial charge on any atom is -0.351 e. The molecule has 0 aromatic heterocycles. The van der Waals surface area contributed by atoms with Crippen LogP contribution in [-0.4, -0.2) is 44.6 Å². The monoisotopic (exact) mass is 529 g/mol. The lowest BCUT2D eigenvalue weighted by molar-refractivity contribution is -0.116. The molecule has 7 nitrogen and oxygen atoms in total. The average Bonchev–Trinajstić information content (AvgIpc) is 3.59. The van der Waals surface area contributed by atoms with Crippen LogP contribution in [-0.2, 0) is 14.6 Å². The Morgan fingerprint density at radius 2 is 1.81 bits per heavy atom. The molecule has 3 aromatic rings. The van der Waals surface area contributed by atoms with E-state index in [4.69, 9.17) is 17.3 Å². The van der Waals surface area contributed by atoms with Crippen LogP contribution in [0.15, 0.2) is 71.6 Å². The van der Waals surface area contributed by atoms with Crippen LogP contribution in [0, 0.1) is 11.7 Å². The Balaban J connectivity index is 1.41. The van der Waals surface area contributed by atoms with Gasteiger partial charge in [0.25, 0.3) is 0 Å². The molecule has 3 amide bonds. The maximum atomic E-state index is 14.8. The molecule has 36 heavy (non-hydrogen) atoms. The lowest BCUT2D eigenvalue weighted by Crippen LogP contribution is -2.42. The SMILES string of the molecule is CS(=O)(=O)c1ccccc1-c1ccc(NC(=O)CN(CC2CC2c2ccc(Cl)cc2)C(N)=O)c(F)c1. The molecule has 0 aliphatic heterocycles. The van der Waals surface area contributed by atoms with Crippen LogP contribution in [0.1, 0.15) is 17.9 Å². The summed E-state index contributed by atoms with van der Waals surface area (Å²) in [5.41, 5.74) is 7.22. The molecule has 1 fully saturated rings. The number of nitrogens with two attached hydrogens (primary N) is 1. The van der Waals surface area contributed by atoms with E-state index in [0.29, 0.717) is 22.7 Å². The number of anilines is 1. The van der Waals surface area contributed by atoms with Crippen LogP contribution < -0.4 is 11.1 Å². The van der Waals surface area contributed by atoms with E-state index in [9.17, 15) is 22.4 Å². The predicted octanol–water partition coefficient (Wildman–Crippen LogP) is 4.67. The zero-order chi connectivity index (χ0) is 26.0. The first kappa shape index (κ1) is 25.7. The van der Waals surface area contributed by atoms with Crippen LogP contribution in [0.4, 0.5) is 14.9 Å². The first-order valence-electron chi connectivity index (χ1n) is 11.2. The predicted molar refractivity (Wildman–Crippen MR) is 137 cm³/mol. The summed E-state index contributed by atoms with van der Waals surface area (Å²) in [6.45, 7) is -0.0168. The van der Waals surface area contributed by atoms with E-state index in [2.05, 4.69) is 5.32 Å². The molecule has 0 spiro atoms. The zero-order valence-corrected chi connectivity index (χ0v) is 21.0. The number of nitrogens with zero attached hydrogens (tertiary/aromatic N) is 1. The van der Waals surface area contributed by atoms with E-state index >= 15 is 0 Å². The Morgan fingerprint density at radius 3 is 2.44 bits per heavy atom. The van der Waals surface area contributed by atoms with Gasteiger partial charge >= 0.3 is 6.03 Å². The number of hydrogen-bond acceptors (Lipinski definition) is 4. The number of urea groups is 1. The number of benzene rings is 3. The Kier molecular flexibility index (Phi) is 7.33. The summed E-state index contributed by atoms with van der Waals surface area (Å²) in [6.07, 6.45) is 1.94. The van der Waals surface area contributed by atoms with Crippen molar-refractivity contribution in [3.05, 3.63) is 83.1 Å². The lowest BCUT2D eigenvalue weighted by Gasteiger charge is -2.20. The van der Waals surface area contributed by atoms with Gasteiger partial charge in [-0.2, -0.15) is 0 Å². The van der Waals surface area contributed by atoms with Gasteiger partial charge in [-0.1, -0.05) is 48.0 Å². The standard InChI is InChI=1S/C26H25ClFN3O4S/c1-36(34,35)24-5-3-2-4-20(24)17-8-11-23(22(28)13-17)30-25(32)15-31(26(29)33)14-18-12-21(18)16-6-9-19(27)10-7-16/h2-11,13,18,21H,12,14-15H2,1H3,(H2,29,33)(H,30,32). The molecule has 3 aromatic carbocycles. The highest BCUT2D eigenvalue weighted by atomic mass is 35.5. The van der Waals surface area contributed by atoms with E-state index in [0.717, 1.165) is 24.3 Å². The van der Waals surface area contributed by atoms with E-state index in [1.807, 2.05) is 24.3 Å². The molecule has 1 aliphatic carbocycles. The van der Waals surface area contributed by atoms with Gasteiger partial charge in [0.2, 0.25) is 5.91 Å². The largest absolute Gasteiger partial charge is 0.351 e. The molecule has 0 radical (unpaired) electrons. The highest BCUT2D eigenvalue weighted by Crippen LogP contribution is 2.48. The maximum Gasteiger partial charge on any atom is 0.315 e. The third-order valence-electron chi connectivity index (χ3n) is 6.16. The summed E-state index contributed by atoms with van der Waals surface area (Å²) in [5.74, 6) is -0.912. The molecule has 10 heteroatoms. The minimum absolute atomic E-state index is 0.0789. The number of amides is 3. The van der Waals surface area contributed by atoms with Crippen molar-refractivity contribution in [2.24, 2.45) is 11.7 Å². The van der Waals surface area contributed by atoms with Crippen LogP contribution in [0.3, 0.4) is 0 Å². The van der Waals surface area contributed by atoms with Crippen molar-refractivity contribution in [2.75, 3.05) is 24.7 Å². The van der Waals surface area contributed by atoms with Crippen LogP contribution in [0.25, 0.3) is 11.1 Å². The molecule has 4 rings (SSSR count). The van der Waals surface area contributed by atoms with Crippen LogP contribution in [0.5, 0.6) is 0 Å². The quantitative estimate of drug-likeness (QED) is 0.441. The van der Waals surface area contributed by atoms with Crippen LogP contribution >= 0.6 is 11.6 Å². The smallest absolute Gasteiger partial charge is 0.315 e. The number of carbonyl (C=O) groups is 2. The fourth-order valence-electron chi connectivity index (χ4n) is 4.26. The molecule has 188 valence electrons. The van der Waals surface area contributed by atoms with Gasteiger partial charge in [0.15, 0.2) is 9.84 Å². The van der Waals surface area contributed by atoms with E-state index in [-0.39, 0.29) is 29.0 Å². The molecule has 0 heterocycles. The fraction of sp³-hybridized carbons (Fsp3) is 0.231. The Hall–Kier alpha value is -3.43. The number of carbonyl (C=O) groups excluding carboxylic acids is 2. The summed E-state index contributed by atoms with van der Waals surface area (Å²) in [6, 6.07) is 17.1. The molecular weight excluding hydrogens is 505 g/mol. The minimum atomic E-state index is -3.52. The topological polar surface area (TPSA) is 110 Å². The average molecular weight is 530 g/mol. The number of primary amides is 1. The van der Waals surface area contributed by atoms with E-state index in [1.165, 1.54) is 23.1 Å². The van der Waals surface area contributed by atoms with Gasteiger partial charge in [0.1, 0.15) is 12.4 Å². The lowest BCUT2D eigenvalue weighted by atomic mass is 10.0. The Bertz CT molecular complexity index is 1410. The second-order valence-corrected chi connectivity index (χ2v) is 11.3. The summed E-state index contributed by atoms with van der Waals surface area (Å²) >= 11 is 5.93. The third-order valence-corrected chi connectivity index (χ3v) is 7.57. The molecular formula is C26H25ClFN3O4S. The molecule has 3 N–H and O–H groups in total. The van der Waals surface area contributed by atoms with Crippen molar-refractivity contribution >= 4 is 39.1 Å². The summed E-state index contributed by atoms with van der Waals surface area (Å²) in [7, 11) is -3.52. The summed E-state index contributed by atoms with van der Waals surface area (Å²) in [4.78, 5) is 25.9. The number of hydrogen-bond donors (Lipinski definition) is 2. The van der Waals surface area contributed by atoms with E-state index in [1.54, 1.807) is 18.2 Å². The highest BCUT2D eigenvalue weighted by molar-refractivity contribution is 7.90. The van der Waals surface area contributed by atoms with Gasteiger partial charge in [0, 0.05) is 23.4 Å².